The molecule has 0 N–H and O–H groups in total. The van der Waals surface area contributed by atoms with Crippen LogP contribution in [0.15, 0.2) is 28.9 Å². The minimum Gasteiger partial charge on any atom is -0.539 e. The molecule has 2 heterocycles. The maximum absolute atomic E-state index is 13.3. The predicted octanol–water partition coefficient (Wildman–Crippen LogP) is 1.19. The highest BCUT2D eigenvalue weighted by Crippen LogP contribution is 2.22. The smallest absolute Gasteiger partial charge is 0.291 e. The standard InChI is InChI=1S/C17H19F2N3O3/c18-14-6-5-12(8-15(14)19)3-4-13-2-1-7-21(9-13)16(23)10-22-11-17(24)25-20-22/h5-6,8,11,13H,1-4,7,9-10H2. The minimum absolute atomic E-state index is 0.0262. The molecular weight excluding hydrogens is 332 g/mol. The second kappa shape index (κ2) is 7.58. The van der Waals surface area contributed by atoms with Crippen molar-refractivity contribution in [3.05, 3.63) is 41.6 Å². The van der Waals surface area contributed by atoms with E-state index < -0.39 is 17.6 Å². The lowest BCUT2D eigenvalue weighted by molar-refractivity contribution is -0.751. The van der Waals surface area contributed by atoms with E-state index >= 15 is 0 Å². The zero-order chi connectivity index (χ0) is 17.8. The summed E-state index contributed by atoms with van der Waals surface area (Å²) >= 11 is 0. The Labute approximate surface area is 143 Å². The molecule has 3 rings (SSSR count). The van der Waals surface area contributed by atoms with Crippen molar-refractivity contribution in [3.8, 4) is 5.95 Å². The molecule has 6 nitrogen and oxygen atoms in total. The number of benzene rings is 1. The number of likely N-dealkylation sites (tertiary alicyclic amines) is 1. The number of hydrogen-bond acceptors (Lipinski definition) is 4. The molecule has 1 aliphatic heterocycles. The molecule has 0 aliphatic carbocycles. The lowest BCUT2D eigenvalue weighted by Gasteiger charge is -2.32. The highest BCUT2D eigenvalue weighted by atomic mass is 19.2. The average molecular weight is 351 g/mol. The lowest BCUT2D eigenvalue weighted by Crippen LogP contribution is -2.48. The van der Waals surface area contributed by atoms with Gasteiger partial charge in [-0.25, -0.2) is 8.78 Å². The van der Waals surface area contributed by atoms with Gasteiger partial charge in [0.05, 0.1) is 5.27 Å². The van der Waals surface area contributed by atoms with Crippen LogP contribution in [0.4, 0.5) is 8.78 Å². The van der Waals surface area contributed by atoms with Crippen LogP contribution in [-0.4, -0.2) is 29.2 Å². The normalized spacial score (nSPS) is 17.7. The van der Waals surface area contributed by atoms with Crippen LogP contribution in [0.2, 0.25) is 0 Å². The molecule has 0 radical (unpaired) electrons. The molecule has 1 saturated heterocycles. The summed E-state index contributed by atoms with van der Waals surface area (Å²) < 4.78 is 31.8. The third kappa shape index (κ3) is 4.52. The number of carbonyl (C=O) groups is 1. The maximum Gasteiger partial charge on any atom is 0.291 e. The first-order valence-electron chi connectivity index (χ1n) is 8.26. The number of rotatable bonds is 5. The lowest BCUT2D eigenvalue weighted by atomic mass is 9.91. The Bertz CT molecular complexity index is 750. The maximum atomic E-state index is 13.3. The van der Waals surface area contributed by atoms with Crippen molar-refractivity contribution in [1.82, 2.24) is 10.2 Å². The van der Waals surface area contributed by atoms with E-state index in [1.54, 1.807) is 11.0 Å². The molecule has 1 amide bonds. The quantitative estimate of drug-likeness (QED) is 0.759. The first kappa shape index (κ1) is 17.3. The minimum atomic E-state index is -0.843. The Morgan fingerprint density at radius 2 is 2.24 bits per heavy atom. The van der Waals surface area contributed by atoms with Crippen molar-refractivity contribution >= 4 is 5.91 Å². The van der Waals surface area contributed by atoms with Crippen molar-refractivity contribution in [2.75, 3.05) is 13.1 Å². The number of hydrogen-bond donors (Lipinski definition) is 0. The van der Waals surface area contributed by atoms with Crippen LogP contribution in [0.3, 0.4) is 0 Å². The molecule has 0 bridgehead atoms. The van der Waals surface area contributed by atoms with Crippen molar-refractivity contribution in [3.63, 3.8) is 0 Å². The third-order valence-corrected chi connectivity index (χ3v) is 4.48. The molecule has 1 unspecified atom stereocenters. The highest BCUT2D eigenvalue weighted by molar-refractivity contribution is 5.74. The van der Waals surface area contributed by atoms with E-state index in [-0.39, 0.29) is 12.5 Å². The van der Waals surface area contributed by atoms with Gasteiger partial charge in [0.1, 0.15) is 5.95 Å². The van der Waals surface area contributed by atoms with E-state index in [4.69, 9.17) is 0 Å². The van der Waals surface area contributed by atoms with E-state index in [0.717, 1.165) is 37.1 Å². The Morgan fingerprint density at radius 1 is 1.40 bits per heavy atom. The summed E-state index contributed by atoms with van der Waals surface area (Å²) in [5.41, 5.74) is 0.753. The van der Waals surface area contributed by atoms with Crippen LogP contribution >= 0.6 is 0 Å². The molecule has 8 heteroatoms. The van der Waals surface area contributed by atoms with Gasteiger partial charge in [0.15, 0.2) is 11.6 Å². The summed E-state index contributed by atoms with van der Waals surface area (Å²) in [5.74, 6) is -2.07. The Balaban J connectivity index is 1.51. The van der Waals surface area contributed by atoms with E-state index in [2.05, 4.69) is 9.79 Å². The number of aromatic nitrogens is 2. The van der Waals surface area contributed by atoms with Gasteiger partial charge in [-0.2, -0.15) is 0 Å². The second-order valence-electron chi connectivity index (χ2n) is 6.35. The molecule has 1 aromatic heterocycles. The van der Waals surface area contributed by atoms with Gasteiger partial charge in [0.2, 0.25) is 6.20 Å². The zero-order valence-electron chi connectivity index (χ0n) is 13.7. The number of carbonyl (C=O) groups excluding carboxylic acids is 1. The number of aryl methyl sites for hydroxylation is 1. The molecule has 1 fully saturated rings. The van der Waals surface area contributed by atoms with Gasteiger partial charge in [-0.05, 0) is 49.3 Å². The van der Waals surface area contributed by atoms with Crippen LogP contribution in [0.25, 0.3) is 0 Å². The molecule has 2 aromatic rings. The van der Waals surface area contributed by atoms with Crippen molar-refractivity contribution in [1.29, 1.82) is 0 Å². The summed E-state index contributed by atoms with van der Waals surface area (Å²) in [6.45, 7) is 1.26. The molecular formula is C17H19F2N3O3. The molecule has 1 atom stereocenters. The topological polar surface area (TPSA) is 73.3 Å². The number of piperidine rings is 1. The first-order valence-corrected chi connectivity index (χ1v) is 8.26. The van der Waals surface area contributed by atoms with Gasteiger partial charge in [0.25, 0.3) is 12.5 Å². The molecule has 0 spiro atoms. The van der Waals surface area contributed by atoms with Crippen molar-refractivity contribution in [2.45, 2.75) is 32.2 Å². The van der Waals surface area contributed by atoms with Crippen molar-refractivity contribution in [2.24, 2.45) is 5.92 Å². The van der Waals surface area contributed by atoms with Gasteiger partial charge in [-0.15, -0.1) is 0 Å². The number of halogens is 2. The Kier molecular flexibility index (Phi) is 5.25. The van der Waals surface area contributed by atoms with E-state index in [1.165, 1.54) is 10.7 Å². The van der Waals surface area contributed by atoms with Crippen LogP contribution in [0.1, 0.15) is 24.8 Å². The van der Waals surface area contributed by atoms with Crippen molar-refractivity contribution < 1.29 is 27.9 Å². The second-order valence-corrected chi connectivity index (χ2v) is 6.35. The molecule has 1 aromatic carbocycles. The van der Waals surface area contributed by atoms with Crippen LogP contribution in [0, 0.1) is 17.6 Å². The summed E-state index contributed by atoms with van der Waals surface area (Å²) in [7, 11) is 0. The van der Waals surface area contributed by atoms with Gasteiger partial charge in [-0.1, -0.05) is 10.7 Å². The molecule has 25 heavy (non-hydrogen) atoms. The molecule has 1 aliphatic rings. The number of amides is 1. The summed E-state index contributed by atoms with van der Waals surface area (Å²) in [6, 6.07) is 3.95. The molecule has 134 valence electrons. The van der Waals surface area contributed by atoms with E-state index in [1.807, 2.05) is 0 Å². The number of nitrogens with zero attached hydrogens (tertiary/aromatic N) is 3. The van der Waals surface area contributed by atoms with Crippen LogP contribution < -0.4 is 9.79 Å². The van der Waals surface area contributed by atoms with E-state index in [0.29, 0.717) is 25.4 Å². The van der Waals surface area contributed by atoms with Gasteiger partial charge < -0.3 is 14.5 Å². The molecule has 0 saturated carbocycles. The van der Waals surface area contributed by atoms with Crippen LogP contribution in [-0.2, 0) is 17.8 Å². The SMILES string of the molecule is O=C(C[n+]1cc([O-])on1)N1CCCC(CCc2ccc(F)c(F)c2)C1. The first-order chi connectivity index (χ1) is 12.0. The van der Waals surface area contributed by atoms with Gasteiger partial charge in [0, 0.05) is 13.1 Å². The van der Waals surface area contributed by atoms with Gasteiger partial charge in [-0.3, -0.25) is 4.79 Å². The summed E-state index contributed by atoms with van der Waals surface area (Å²) in [4.78, 5) is 14.1. The fourth-order valence-electron chi connectivity index (χ4n) is 3.17. The zero-order valence-corrected chi connectivity index (χ0v) is 13.7. The van der Waals surface area contributed by atoms with Gasteiger partial charge >= 0.3 is 0 Å². The Hall–Kier alpha value is -2.51. The average Bonchev–Trinajstić information content (AvgIpc) is 3.01. The Morgan fingerprint density at radius 3 is 2.96 bits per heavy atom. The fraction of sp³-hybridized carbons (Fsp3) is 0.471. The largest absolute Gasteiger partial charge is 0.539 e. The summed E-state index contributed by atoms with van der Waals surface area (Å²) in [6.07, 6.45) is 4.47. The monoisotopic (exact) mass is 351 g/mol. The third-order valence-electron chi connectivity index (χ3n) is 4.48. The van der Waals surface area contributed by atoms with Crippen LogP contribution in [0.5, 0.6) is 5.95 Å². The summed E-state index contributed by atoms with van der Waals surface area (Å²) in [5, 5.41) is 14.4. The highest BCUT2D eigenvalue weighted by Gasteiger charge is 2.26. The van der Waals surface area contributed by atoms with E-state index in [9.17, 15) is 18.7 Å². The fourth-order valence-corrected chi connectivity index (χ4v) is 3.17. The predicted molar refractivity (Wildman–Crippen MR) is 80.1 cm³/mol.